The zero-order valence-corrected chi connectivity index (χ0v) is 18.9. The average Bonchev–Trinajstić information content (AvgIpc) is 2.79. The van der Waals surface area contributed by atoms with Crippen LogP contribution in [0.1, 0.15) is 21.5 Å². The van der Waals surface area contributed by atoms with Crippen molar-refractivity contribution < 1.29 is 22.7 Å². The van der Waals surface area contributed by atoms with Gasteiger partial charge < -0.3 is 21.1 Å². The Morgan fingerprint density at radius 2 is 1.58 bits per heavy atom. The Bertz CT molecular complexity index is 1260. The number of benzene rings is 3. The van der Waals surface area contributed by atoms with E-state index in [9.17, 15) is 18.0 Å². The van der Waals surface area contributed by atoms with Crippen molar-refractivity contribution in [1.82, 2.24) is 5.32 Å². The van der Waals surface area contributed by atoms with Crippen LogP contribution in [0.4, 0.5) is 16.2 Å². The summed E-state index contributed by atoms with van der Waals surface area (Å²) >= 11 is 0. The molecule has 10 heteroatoms. The minimum Gasteiger partial charge on any atom is -0.495 e. The van der Waals surface area contributed by atoms with Crippen LogP contribution >= 0.6 is 0 Å². The van der Waals surface area contributed by atoms with E-state index in [0.717, 1.165) is 11.1 Å². The van der Waals surface area contributed by atoms with Crippen molar-refractivity contribution in [3.05, 3.63) is 83.4 Å². The van der Waals surface area contributed by atoms with Gasteiger partial charge in [0.25, 0.3) is 15.9 Å². The molecule has 0 aliphatic heterocycles. The summed E-state index contributed by atoms with van der Waals surface area (Å²) in [7, 11) is -2.65. The number of nitrogens with one attached hydrogen (secondary N) is 3. The Morgan fingerprint density at radius 3 is 2.18 bits per heavy atom. The van der Waals surface area contributed by atoms with Crippen LogP contribution in [0.2, 0.25) is 0 Å². The molecule has 0 aromatic heterocycles. The van der Waals surface area contributed by atoms with Gasteiger partial charge in [-0.15, -0.1) is 0 Å². The van der Waals surface area contributed by atoms with Gasteiger partial charge in [0.15, 0.2) is 0 Å². The molecule has 3 amide bonds. The molecule has 3 aromatic rings. The lowest BCUT2D eigenvalue weighted by molar-refractivity contribution is 0.0950. The SMILES string of the molecule is COc1ccc(C(=O)NCc2ccc(NC(N)=O)cc2)cc1S(=O)(=O)Nc1ccc(C)cc1. The van der Waals surface area contributed by atoms with Gasteiger partial charge in [-0.2, -0.15) is 0 Å². The van der Waals surface area contributed by atoms with Crippen LogP contribution in [0.15, 0.2) is 71.6 Å². The van der Waals surface area contributed by atoms with Crippen LogP contribution in [0.5, 0.6) is 5.75 Å². The first-order valence-corrected chi connectivity index (χ1v) is 11.4. The second kappa shape index (κ2) is 10.0. The van der Waals surface area contributed by atoms with Crippen LogP contribution in [-0.4, -0.2) is 27.5 Å². The number of carbonyl (C=O) groups excluding carboxylic acids is 2. The lowest BCUT2D eigenvalue weighted by Crippen LogP contribution is -2.23. The van der Waals surface area contributed by atoms with Crippen molar-refractivity contribution in [2.75, 3.05) is 17.1 Å². The number of carbonyl (C=O) groups is 2. The van der Waals surface area contributed by atoms with Crippen molar-refractivity contribution in [2.24, 2.45) is 5.73 Å². The molecule has 0 spiro atoms. The van der Waals surface area contributed by atoms with Crippen molar-refractivity contribution in [2.45, 2.75) is 18.4 Å². The molecular formula is C23H24N4O5S. The minimum atomic E-state index is -4.01. The summed E-state index contributed by atoms with van der Waals surface area (Å²) in [5.41, 5.74) is 7.93. The highest BCUT2D eigenvalue weighted by molar-refractivity contribution is 7.92. The smallest absolute Gasteiger partial charge is 0.316 e. The number of rotatable bonds is 8. The maximum absolute atomic E-state index is 13.0. The highest BCUT2D eigenvalue weighted by atomic mass is 32.2. The van der Waals surface area contributed by atoms with Gasteiger partial charge >= 0.3 is 6.03 Å². The van der Waals surface area contributed by atoms with E-state index in [-0.39, 0.29) is 22.8 Å². The lowest BCUT2D eigenvalue weighted by atomic mass is 10.1. The van der Waals surface area contributed by atoms with Gasteiger partial charge in [-0.3, -0.25) is 9.52 Å². The molecule has 0 radical (unpaired) electrons. The largest absolute Gasteiger partial charge is 0.495 e. The van der Waals surface area contributed by atoms with E-state index in [1.54, 1.807) is 48.5 Å². The van der Waals surface area contributed by atoms with E-state index in [2.05, 4.69) is 15.4 Å². The lowest BCUT2D eigenvalue weighted by Gasteiger charge is -2.13. The first-order valence-electron chi connectivity index (χ1n) is 9.89. The van der Waals surface area contributed by atoms with Gasteiger partial charge in [0.05, 0.1) is 7.11 Å². The third-order valence-electron chi connectivity index (χ3n) is 4.69. The number of sulfonamides is 1. The fourth-order valence-electron chi connectivity index (χ4n) is 2.99. The number of hydrogen-bond acceptors (Lipinski definition) is 5. The summed E-state index contributed by atoms with van der Waals surface area (Å²) in [6.45, 7) is 2.10. The van der Waals surface area contributed by atoms with Crippen molar-refractivity contribution in [3.8, 4) is 5.75 Å². The minimum absolute atomic E-state index is 0.115. The first-order chi connectivity index (χ1) is 15.7. The molecule has 0 fully saturated rings. The molecule has 0 bridgehead atoms. The number of ether oxygens (including phenoxy) is 1. The summed E-state index contributed by atoms with van der Waals surface area (Å²) in [5, 5.41) is 5.19. The van der Waals surface area contributed by atoms with Crippen molar-refractivity contribution in [3.63, 3.8) is 0 Å². The summed E-state index contributed by atoms with van der Waals surface area (Å²) in [6.07, 6.45) is 0. The van der Waals surface area contributed by atoms with Crippen LogP contribution in [0, 0.1) is 6.92 Å². The molecule has 172 valence electrons. The van der Waals surface area contributed by atoms with Crippen molar-refractivity contribution in [1.29, 1.82) is 0 Å². The molecule has 5 N–H and O–H groups in total. The Labute approximate surface area is 192 Å². The quantitative estimate of drug-likeness (QED) is 0.402. The van der Waals surface area contributed by atoms with E-state index < -0.39 is 22.0 Å². The van der Waals surface area contributed by atoms with Gasteiger partial charge in [0.1, 0.15) is 10.6 Å². The Hall–Kier alpha value is -4.05. The highest BCUT2D eigenvalue weighted by Crippen LogP contribution is 2.27. The maximum Gasteiger partial charge on any atom is 0.316 e. The summed E-state index contributed by atoms with van der Waals surface area (Å²) < 4.78 is 33.6. The molecule has 33 heavy (non-hydrogen) atoms. The number of aryl methyl sites for hydroxylation is 1. The van der Waals surface area contributed by atoms with E-state index in [0.29, 0.717) is 11.4 Å². The number of amides is 3. The molecule has 0 heterocycles. The molecule has 0 atom stereocenters. The molecule has 3 aromatic carbocycles. The highest BCUT2D eigenvalue weighted by Gasteiger charge is 2.22. The monoisotopic (exact) mass is 468 g/mol. The third-order valence-corrected chi connectivity index (χ3v) is 6.10. The molecule has 0 saturated carbocycles. The van der Waals surface area contributed by atoms with Crippen LogP contribution < -0.4 is 25.8 Å². The standard InChI is InChI=1S/C23H24N4O5S/c1-15-3-8-19(9-4-15)27-33(30,31)21-13-17(7-12-20(21)32-2)22(28)25-14-16-5-10-18(11-6-16)26-23(24)29/h3-13,27H,14H2,1-2H3,(H,25,28)(H3,24,26,29). The maximum atomic E-state index is 13.0. The summed E-state index contributed by atoms with van der Waals surface area (Å²) in [5.74, 6) is -0.340. The topological polar surface area (TPSA) is 140 Å². The number of urea groups is 1. The predicted octanol–water partition coefficient (Wildman–Crippen LogP) is 3.23. The van der Waals surface area contributed by atoms with Gasteiger partial charge in [0.2, 0.25) is 0 Å². The Balaban J connectivity index is 1.75. The van der Waals surface area contributed by atoms with Gasteiger partial charge in [-0.1, -0.05) is 29.8 Å². The average molecular weight is 469 g/mol. The molecule has 3 rings (SSSR count). The zero-order valence-electron chi connectivity index (χ0n) is 18.1. The molecule has 0 saturated heterocycles. The number of hydrogen-bond donors (Lipinski definition) is 4. The van der Waals surface area contributed by atoms with Gasteiger partial charge in [0, 0.05) is 23.5 Å². The predicted molar refractivity (Wildman–Crippen MR) is 126 cm³/mol. The molecular weight excluding hydrogens is 444 g/mol. The van der Waals surface area contributed by atoms with Crippen LogP contribution in [0.3, 0.4) is 0 Å². The molecule has 0 aliphatic rings. The molecule has 0 aliphatic carbocycles. The number of primary amides is 1. The normalized spacial score (nSPS) is 10.8. The molecule has 9 nitrogen and oxygen atoms in total. The summed E-state index contributed by atoms with van der Waals surface area (Å²) in [6, 6.07) is 17.2. The first kappa shape index (κ1) is 23.6. The van der Waals surface area contributed by atoms with Crippen LogP contribution in [-0.2, 0) is 16.6 Å². The fraction of sp³-hybridized carbons (Fsp3) is 0.130. The Morgan fingerprint density at radius 1 is 0.939 bits per heavy atom. The molecule has 0 unspecified atom stereocenters. The van der Waals surface area contributed by atoms with Crippen molar-refractivity contribution >= 4 is 33.3 Å². The number of anilines is 2. The van der Waals surface area contributed by atoms with E-state index >= 15 is 0 Å². The number of nitrogens with two attached hydrogens (primary N) is 1. The second-order valence-electron chi connectivity index (χ2n) is 7.21. The zero-order chi connectivity index (χ0) is 24.0. The van der Waals surface area contributed by atoms with E-state index in [1.165, 1.54) is 25.3 Å². The van der Waals surface area contributed by atoms with Gasteiger partial charge in [-0.05, 0) is 55.0 Å². The third kappa shape index (κ3) is 6.23. The van der Waals surface area contributed by atoms with E-state index in [1.807, 2.05) is 6.92 Å². The van der Waals surface area contributed by atoms with E-state index in [4.69, 9.17) is 10.5 Å². The summed E-state index contributed by atoms with van der Waals surface area (Å²) in [4.78, 5) is 23.4. The van der Waals surface area contributed by atoms with Gasteiger partial charge in [-0.25, -0.2) is 13.2 Å². The number of methoxy groups -OCH3 is 1. The van der Waals surface area contributed by atoms with Crippen LogP contribution in [0.25, 0.3) is 0 Å². The Kier molecular flexibility index (Phi) is 7.19. The second-order valence-corrected chi connectivity index (χ2v) is 8.86. The fourth-order valence-corrected chi connectivity index (χ4v) is 4.25.